The molecule has 0 radical (unpaired) electrons. The van der Waals surface area contributed by atoms with Crippen LogP contribution in [0, 0.1) is 5.82 Å². The fourth-order valence-corrected chi connectivity index (χ4v) is 6.54. The molecule has 6 nitrogen and oxygen atoms in total. The van der Waals surface area contributed by atoms with Crippen molar-refractivity contribution >= 4 is 51.1 Å². The van der Waals surface area contributed by atoms with Gasteiger partial charge >= 0.3 is 5.97 Å². The molecule has 10 heteroatoms. The highest BCUT2D eigenvalue weighted by Gasteiger charge is 2.33. The molecule has 42 heavy (non-hydrogen) atoms. The molecule has 0 spiro atoms. The van der Waals surface area contributed by atoms with Gasteiger partial charge in [0.05, 0.1) is 32.4 Å². The molecule has 1 aliphatic heterocycles. The number of aromatic nitrogens is 1. The quantitative estimate of drug-likeness (QED) is 0.161. The first kappa shape index (κ1) is 30.0. The van der Waals surface area contributed by atoms with E-state index in [1.54, 1.807) is 55.3 Å². The third kappa shape index (κ3) is 6.45. The largest absolute Gasteiger partial charge is 0.488 e. The van der Waals surface area contributed by atoms with Gasteiger partial charge in [0.25, 0.3) is 5.56 Å². The Morgan fingerprint density at radius 3 is 2.50 bits per heavy atom. The molecule has 216 valence electrons. The summed E-state index contributed by atoms with van der Waals surface area (Å²) in [5.41, 5.74) is 3.07. The lowest BCUT2D eigenvalue weighted by atomic mass is 9.96. The molecule has 2 heterocycles. The molecule has 1 aliphatic rings. The topological polar surface area (TPSA) is 69.9 Å². The van der Waals surface area contributed by atoms with Crippen LogP contribution < -0.4 is 19.6 Å². The number of fused-ring (bicyclic) bond motifs is 1. The molecule has 0 amide bonds. The molecule has 0 fully saturated rings. The molecular formula is C32H28BrFN2O4S2. The van der Waals surface area contributed by atoms with Crippen molar-refractivity contribution < 1.29 is 18.7 Å². The number of carbonyl (C=O) groups excluding carboxylic acids is 1. The minimum absolute atomic E-state index is 0.243. The van der Waals surface area contributed by atoms with E-state index in [4.69, 9.17) is 9.47 Å². The predicted molar refractivity (Wildman–Crippen MR) is 168 cm³/mol. The molecule has 4 aromatic rings. The molecule has 0 unspecified atom stereocenters. The van der Waals surface area contributed by atoms with Gasteiger partial charge in [-0.05, 0) is 102 Å². The van der Waals surface area contributed by atoms with Gasteiger partial charge in [0.1, 0.15) is 18.2 Å². The second kappa shape index (κ2) is 12.8. The number of hydrogen-bond donors (Lipinski definition) is 0. The van der Waals surface area contributed by atoms with Crippen molar-refractivity contribution in [2.24, 2.45) is 4.99 Å². The van der Waals surface area contributed by atoms with E-state index in [9.17, 15) is 14.0 Å². The molecule has 0 saturated carbocycles. The number of thioether (sulfide) groups is 1. The number of carbonyl (C=O) groups is 1. The van der Waals surface area contributed by atoms with Gasteiger partial charge in [0, 0.05) is 4.90 Å². The first-order valence-corrected chi connectivity index (χ1v) is 16.0. The van der Waals surface area contributed by atoms with E-state index in [1.165, 1.54) is 23.5 Å². The van der Waals surface area contributed by atoms with Crippen molar-refractivity contribution in [1.29, 1.82) is 0 Å². The Hall–Kier alpha value is -3.47. The molecule has 0 saturated heterocycles. The lowest BCUT2D eigenvalue weighted by Gasteiger charge is -2.25. The van der Waals surface area contributed by atoms with Crippen LogP contribution in [0.25, 0.3) is 6.08 Å². The number of rotatable bonds is 8. The Kier molecular flexibility index (Phi) is 9.15. The van der Waals surface area contributed by atoms with Gasteiger partial charge in [-0.25, -0.2) is 14.2 Å². The zero-order valence-electron chi connectivity index (χ0n) is 23.4. The van der Waals surface area contributed by atoms with Crippen molar-refractivity contribution in [3.8, 4) is 5.75 Å². The number of esters is 1. The van der Waals surface area contributed by atoms with Gasteiger partial charge in [-0.2, -0.15) is 0 Å². The fraction of sp³-hybridized carbons (Fsp3) is 0.219. The Morgan fingerprint density at radius 2 is 1.86 bits per heavy atom. The van der Waals surface area contributed by atoms with E-state index < -0.39 is 12.0 Å². The first-order chi connectivity index (χ1) is 20.1. The van der Waals surface area contributed by atoms with Crippen molar-refractivity contribution in [1.82, 2.24) is 4.57 Å². The van der Waals surface area contributed by atoms with Crippen molar-refractivity contribution in [3.63, 3.8) is 0 Å². The number of thiazole rings is 1. The molecule has 5 rings (SSSR count). The third-order valence-electron chi connectivity index (χ3n) is 6.58. The van der Waals surface area contributed by atoms with E-state index >= 15 is 0 Å². The molecular weight excluding hydrogens is 639 g/mol. The summed E-state index contributed by atoms with van der Waals surface area (Å²) >= 11 is 6.45. The average Bonchev–Trinajstić information content (AvgIpc) is 3.26. The van der Waals surface area contributed by atoms with Gasteiger partial charge in [0.2, 0.25) is 0 Å². The highest BCUT2D eigenvalue weighted by atomic mass is 79.9. The van der Waals surface area contributed by atoms with E-state index in [1.807, 2.05) is 48.7 Å². The van der Waals surface area contributed by atoms with Crippen LogP contribution in [-0.4, -0.2) is 22.9 Å². The Balaban J connectivity index is 1.52. The van der Waals surface area contributed by atoms with Gasteiger partial charge in [-0.1, -0.05) is 41.7 Å². The number of benzene rings is 3. The highest BCUT2D eigenvalue weighted by molar-refractivity contribution is 9.10. The SMILES string of the molecule is CSc1ccc([C@H]2C(C(=O)OC(C)C)=C(C)N=c3s/c(=C\c4ccc(OCc5ccc(F)cc5)c(Br)c4)c(=O)n32)cc1. The smallest absolute Gasteiger partial charge is 0.338 e. The summed E-state index contributed by atoms with van der Waals surface area (Å²) < 4.78 is 27.5. The zero-order chi connectivity index (χ0) is 30.0. The monoisotopic (exact) mass is 666 g/mol. The standard InChI is InChI=1S/C32H28BrFN2O4S2/c1-18(2)40-31(38)28-19(3)35-32-36(29(28)22-8-12-24(41-4)13-9-22)30(37)27(42-32)16-21-7-14-26(25(33)15-21)39-17-20-5-10-23(34)11-6-20/h5-16,18,29H,17H2,1-4H3/b27-16-/t29-/m0/s1. The van der Waals surface area contributed by atoms with Crippen molar-refractivity contribution in [2.45, 2.75) is 44.4 Å². The van der Waals surface area contributed by atoms with Gasteiger partial charge < -0.3 is 9.47 Å². The Labute approximate surface area is 259 Å². The van der Waals surface area contributed by atoms with Crippen LogP contribution in [-0.2, 0) is 16.1 Å². The lowest BCUT2D eigenvalue weighted by molar-refractivity contribution is -0.143. The van der Waals surface area contributed by atoms with E-state index in [0.717, 1.165) is 21.6 Å². The Morgan fingerprint density at radius 1 is 1.14 bits per heavy atom. The maximum atomic E-state index is 13.9. The van der Waals surface area contributed by atoms with E-state index in [-0.39, 0.29) is 24.1 Å². The van der Waals surface area contributed by atoms with Crippen LogP contribution in [0.2, 0.25) is 0 Å². The molecule has 0 aliphatic carbocycles. The Bertz CT molecular complexity index is 1850. The summed E-state index contributed by atoms with van der Waals surface area (Å²) in [6.45, 7) is 5.65. The van der Waals surface area contributed by atoms with E-state index in [0.29, 0.717) is 30.8 Å². The number of ether oxygens (including phenoxy) is 2. The molecule has 3 aromatic carbocycles. The summed E-state index contributed by atoms with van der Waals surface area (Å²) in [7, 11) is 0. The summed E-state index contributed by atoms with van der Waals surface area (Å²) in [5.74, 6) is -0.161. The van der Waals surface area contributed by atoms with E-state index in [2.05, 4.69) is 20.9 Å². The van der Waals surface area contributed by atoms with Gasteiger partial charge in [-0.15, -0.1) is 11.8 Å². The minimum atomic E-state index is -0.667. The lowest BCUT2D eigenvalue weighted by Crippen LogP contribution is -2.40. The minimum Gasteiger partial charge on any atom is -0.488 e. The second-order valence-corrected chi connectivity index (χ2v) is 12.7. The van der Waals surface area contributed by atoms with Crippen LogP contribution in [0.4, 0.5) is 4.39 Å². The number of halogens is 2. The third-order valence-corrected chi connectivity index (χ3v) is 8.92. The van der Waals surface area contributed by atoms with Crippen LogP contribution in [0.5, 0.6) is 5.75 Å². The summed E-state index contributed by atoms with van der Waals surface area (Å²) in [5, 5.41) is 0. The second-order valence-electron chi connectivity index (χ2n) is 9.91. The summed E-state index contributed by atoms with van der Waals surface area (Å²) in [6, 6.07) is 18.9. The maximum Gasteiger partial charge on any atom is 0.338 e. The van der Waals surface area contributed by atoms with Crippen molar-refractivity contribution in [2.75, 3.05) is 6.26 Å². The average molecular weight is 668 g/mol. The number of hydrogen-bond acceptors (Lipinski definition) is 7. The molecule has 1 aromatic heterocycles. The van der Waals surface area contributed by atoms with Crippen LogP contribution >= 0.6 is 39.0 Å². The van der Waals surface area contributed by atoms with Crippen LogP contribution in [0.15, 0.2) is 97.2 Å². The summed E-state index contributed by atoms with van der Waals surface area (Å²) in [6.07, 6.45) is 3.48. The van der Waals surface area contributed by atoms with Crippen molar-refractivity contribution in [3.05, 3.63) is 125 Å². The number of allylic oxidation sites excluding steroid dienone is 1. The molecule has 1 atom stereocenters. The molecule has 0 N–H and O–H groups in total. The fourth-order valence-electron chi connectivity index (χ4n) is 4.58. The van der Waals surface area contributed by atoms with Crippen LogP contribution in [0.3, 0.4) is 0 Å². The van der Waals surface area contributed by atoms with Crippen LogP contribution in [0.1, 0.15) is 43.5 Å². The predicted octanol–water partition coefficient (Wildman–Crippen LogP) is 6.39. The first-order valence-electron chi connectivity index (χ1n) is 13.2. The normalized spacial score (nSPS) is 15.0. The molecule has 0 bridgehead atoms. The van der Waals surface area contributed by atoms with Gasteiger partial charge in [0.15, 0.2) is 4.80 Å². The maximum absolute atomic E-state index is 13.9. The summed E-state index contributed by atoms with van der Waals surface area (Å²) in [4.78, 5) is 33.4. The van der Waals surface area contributed by atoms with Gasteiger partial charge in [-0.3, -0.25) is 9.36 Å². The zero-order valence-corrected chi connectivity index (χ0v) is 26.6. The number of nitrogens with zero attached hydrogens (tertiary/aromatic N) is 2. The highest BCUT2D eigenvalue weighted by Crippen LogP contribution is 2.32.